The Morgan fingerprint density at radius 1 is 0.727 bits per heavy atom. The van der Waals surface area contributed by atoms with Crippen LogP contribution in [0.2, 0.25) is 0 Å². The number of hydrogen-bond donors (Lipinski definition) is 2. The molecular weight excluding hydrogens is 448 g/mol. The Balaban J connectivity index is 1.13. The van der Waals surface area contributed by atoms with E-state index in [0.717, 1.165) is 57.0 Å². The van der Waals surface area contributed by atoms with Crippen molar-refractivity contribution in [3.63, 3.8) is 0 Å². The van der Waals surface area contributed by atoms with Crippen LogP contribution in [0.15, 0.2) is 89.4 Å². The highest BCUT2D eigenvalue weighted by molar-refractivity contribution is 7.99. The minimum absolute atomic E-state index is 0.923. The number of benzene rings is 3. The minimum Gasteiger partial charge on any atom is -0.333 e. The van der Waals surface area contributed by atoms with Gasteiger partial charge in [0.1, 0.15) is 13.1 Å². The molecule has 3 aromatic carbocycles. The van der Waals surface area contributed by atoms with Gasteiger partial charge in [-0.15, -0.1) is 0 Å². The number of nitrogens with zero attached hydrogens (tertiary/aromatic N) is 4. The lowest BCUT2D eigenvalue weighted by Crippen LogP contribution is -2.33. The fraction of sp³-hybridized carbons (Fsp3) is 0.160. The monoisotopic (exact) mass is 471 g/mol. The molecule has 0 aliphatic heterocycles. The number of para-hydroxylation sites is 6. The highest BCUT2D eigenvalue weighted by atomic mass is 32.2. The first kappa shape index (κ1) is 20.4. The van der Waals surface area contributed by atoms with Crippen LogP contribution in [-0.4, -0.2) is 36.0 Å². The maximum Gasteiger partial charge on any atom is 0.244 e. The minimum atomic E-state index is 0.923. The van der Waals surface area contributed by atoms with Crippen molar-refractivity contribution in [2.24, 2.45) is 0 Å². The summed E-state index contributed by atoms with van der Waals surface area (Å²) in [6.45, 7) is 1.85. The SMILES string of the molecule is c1ccc2[nH]c(SCCn3c[n+](CCSc4nc5ccccc5[nH]4)c4ccccc43)nc2c1. The van der Waals surface area contributed by atoms with Gasteiger partial charge in [0.25, 0.3) is 0 Å². The van der Waals surface area contributed by atoms with Gasteiger partial charge in [-0.25, -0.2) is 19.1 Å². The zero-order valence-corrected chi connectivity index (χ0v) is 19.6. The average Bonchev–Trinajstić information content (AvgIpc) is 3.54. The fourth-order valence-electron chi connectivity index (χ4n) is 4.08. The van der Waals surface area contributed by atoms with Gasteiger partial charge in [0, 0.05) is 11.5 Å². The second-order valence-electron chi connectivity index (χ2n) is 7.81. The van der Waals surface area contributed by atoms with Crippen LogP contribution in [0.4, 0.5) is 0 Å². The molecule has 0 bridgehead atoms. The highest BCUT2D eigenvalue weighted by Crippen LogP contribution is 2.21. The Kier molecular flexibility index (Phi) is 5.53. The predicted octanol–water partition coefficient (Wildman–Crippen LogP) is 5.27. The van der Waals surface area contributed by atoms with E-state index >= 15 is 0 Å². The van der Waals surface area contributed by atoms with Crippen LogP contribution in [0.3, 0.4) is 0 Å². The van der Waals surface area contributed by atoms with Crippen LogP contribution < -0.4 is 4.57 Å². The number of aromatic nitrogens is 6. The molecule has 0 aliphatic carbocycles. The molecule has 164 valence electrons. The first-order valence-electron chi connectivity index (χ1n) is 11.0. The van der Waals surface area contributed by atoms with Crippen molar-refractivity contribution in [2.45, 2.75) is 23.4 Å². The molecule has 0 fully saturated rings. The van der Waals surface area contributed by atoms with Crippen LogP contribution in [0.5, 0.6) is 0 Å². The summed E-state index contributed by atoms with van der Waals surface area (Å²) in [5, 5.41) is 1.95. The number of rotatable bonds is 8. The van der Waals surface area contributed by atoms with Crippen LogP contribution in [0, 0.1) is 0 Å². The Morgan fingerprint density at radius 2 is 1.33 bits per heavy atom. The van der Waals surface area contributed by atoms with Gasteiger partial charge in [-0.05, 0) is 36.4 Å². The predicted molar refractivity (Wildman–Crippen MR) is 136 cm³/mol. The van der Waals surface area contributed by atoms with Crippen LogP contribution in [0.25, 0.3) is 33.1 Å². The lowest BCUT2D eigenvalue weighted by molar-refractivity contribution is -0.667. The van der Waals surface area contributed by atoms with Crippen molar-refractivity contribution in [1.29, 1.82) is 0 Å². The first-order valence-corrected chi connectivity index (χ1v) is 12.9. The second-order valence-corrected chi connectivity index (χ2v) is 9.97. The Hall–Kier alpha value is -3.23. The molecule has 6 rings (SSSR count). The number of aryl methyl sites for hydroxylation is 2. The number of nitrogens with one attached hydrogen (secondary N) is 2. The maximum absolute atomic E-state index is 4.68. The van der Waals surface area contributed by atoms with Gasteiger partial charge in [0.05, 0.1) is 22.1 Å². The van der Waals surface area contributed by atoms with Crippen molar-refractivity contribution in [3.05, 3.63) is 79.1 Å². The molecule has 0 spiro atoms. The molecule has 6 nitrogen and oxygen atoms in total. The number of hydrogen-bond acceptors (Lipinski definition) is 4. The van der Waals surface area contributed by atoms with Crippen molar-refractivity contribution in [1.82, 2.24) is 24.5 Å². The summed E-state index contributed by atoms with van der Waals surface area (Å²) in [6.07, 6.45) is 2.24. The zero-order chi connectivity index (χ0) is 22.0. The molecule has 0 aliphatic rings. The van der Waals surface area contributed by atoms with E-state index in [1.807, 2.05) is 36.4 Å². The largest absolute Gasteiger partial charge is 0.333 e. The van der Waals surface area contributed by atoms with Gasteiger partial charge >= 0.3 is 0 Å². The summed E-state index contributed by atoms with van der Waals surface area (Å²) >= 11 is 3.53. The van der Waals surface area contributed by atoms with Gasteiger partial charge in [-0.3, -0.25) is 0 Å². The summed E-state index contributed by atoms with van der Waals surface area (Å²) in [5.41, 5.74) is 6.74. The van der Waals surface area contributed by atoms with Gasteiger partial charge in [-0.1, -0.05) is 59.9 Å². The molecule has 0 saturated carbocycles. The number of fused-ring (bicyclic) bond motifs is 3. The van der Waals surface area contributed by atoms with E-state index in [0.29, 0.717) is 0 Å². The van der Waals surface area contributed by atoms with E-state index in [1.54, 1.807) is 23.5 Å². The lowest BCUT2D eigenvalue weighted by Gasteiger charge is -1.97. The Bertz CT molecular complexity index is 1370. The third kappa shape index (κ3) is 4.24. The van der Waals surface area contributed by atoms with Crippen LogP contribution in [0.1, 0.15) is 0 Å². The number of imidazole rings is 3. The topological polar surface area (TPSA) is 66.2 Å². The standard InChI is InChI=1S/C25H23N6S2/c1-2-8-19-18(7-1)26-24(27-19)32-15-13-30-17-31(23-12-6-5-11-22(23)30)14-16-33-25-28-20-9-3-4-10-21(20)29-25/h1-12,17H,13-16H2,(H,26,27)(H,28,29)/q+1. The van der Waals surface area contributed by atoms with Gasteiger partial charge < -0.3 is 9.97 Å². The third-order valence-corrected chi connectivity index (χ3v) is 7.36. The van der Waals surface area contributed by atoms with E-state index in [-0.39, 0.29) is 0 Å². The van der Waals surface area contributed by atoms with Gasteiger partial charge in [-0.2, -0.15) is 0 Å². The van der Waals surface area contributed by atoms with Crippen LogP contribution in [-0.2, 0) is 13.1 Å². The summed E-state index contributed by atoms with van der Waals surface area (Å²) in [6, 6.07) is 25.0. The quantitative estimate of drug-likeness (QED) is 0.235. The maximum atomic E-state index is 4.68. The zero-order valence-electron chi connectivity index (χ0n) is 17.9. The van der Waals surface area contributed by atoms with Crippen molar-refractivity contribution >= 4 is 56.6 Å². The molecule has 33 heavy (non-hydrogen) atoms. The smallest absolute Gasteiger partial charge is 0.244 e. The van der Waals surface area contributed by atoms with E-state index in [9.17, 15) is 0 Å². The molecule has 3 heterocycles. The normalized spacial score (nSPS) is 11.8. The molecule has 3 aromatic heterocycles. The van der Waals surface area contributed by atoms with Crippen molar-refractivity contribution in [2.75, 3.05) is 11.5 Å². The first-order chi connectivity index (χ1) is 16.3. The molecular formula is C25H23N6S2+. The average molecular weight is 472 g/mol. The summed E-state index contributed by atoms with van der Waals surface area (Å²) in [4.78, 5) is 16.2. The molecule has 0 amide bonds. The second kappa shape index (κ2) is 8.96. The molecule has 8 heteroatoms. The third-order valence-electron chi connectivity index (χ3n) is 5.66. The molecule has 0 atom stereocenters. The highest BCUT2D eigenvalue weighted by Gasteiger charge is 2.15. The number of H-pyrrole nitrogens is 2. The van der Waals surface area contributed by atoms with Crippen molar-refractivity contribution in [3.8, 4) is 0 Å². The lowest BCUT2D eigenvalue weighted by atomic mass is 10.3. The number of aromatic amines is 2. The van der Waals surface area contributed by atoms with E-state index in [4.69, 9.17) is 0 Å². The van der Waals surface area contributed by atoms with Gasteiger partial charge in [0.15, 0.2) is 21.3 Å². The fourth-order valence-corrected chi connectivity index (χ4v) is 5.73. The van der Waals surface area contributed by atoms with Crippen LogP contribution >= 0.6 is 23.5 Å². The van der Waals surface area contributed by atoms with Crippen molar-refractivity contribution < 1.29 is 4.57 Å². The molecule has 0 unspecified atom stereocenters. The molecule has 0 saturated heterocycles. The van der Waals surface area contributed by atoms with E-state index in [1.165, 1.54) is 11.0 Å². The molecule has 2 N–H and O–H groups in total. The van der Waals surface area contributed by atoms with E-state index < -0.39 is 0 Å². The Morgan fingerprint density at radius 3 is 2.03 bits per heavy atom. The van der Waals surface area contributed by atoms with E-state index in [2.05, 4.69) is 71.8 Å². The summed E-state index contributed by atoms with van der Waals surface area (Å²) < 4.78 is 4.69. The Labute approximate surface area is 199 Å². The molecule has 6 aromatic rings. The summed E-state index contributed by atoms with van der Waals surface area (Å²) in [5.74, 6) is 1.90. The number of thioether (sulfide) groups is 2. The van der Waals surface area contributed by atoms with Gasteiger partial charge in [0.2, 0.25) is 6.33 Å². The molecule has 0 radical (unpaired) electrons. The summed E-state index contributed by atoms with van der Waals surface area (Å²) in [7, 11) is 0.